The zero-order valence-corrected chi connectivity index (χ0v) is 11.8. The SMILES string of the molecule is CC(C)C(c1ccc([N+](=O)[O-])cc1Br)C(C)N. The summed E-state index contributed by atoms with van der Waals surface area (Å²) in [7, 11) is 0. The number of hydrogen-bond donors (Lipinski definition) is 1. The van der Waals surface area contributed by atoms with Crippen molar-refractivity contribution in [1.29, 1.82) is 0 Å². The summed E-state index contributed by atoms with van der Waals surface area (Å²) in [6, 6.07) is 4.86. The van der Waals surface area contributed by atoms with Crippen LogP contribution >= 0.6 is 15.9 Å². The minimum atomic E-state index is -0.398. The van der Waals surface area contributed by atoms with E-state index >= 15 is 0 Å². The monoisotopic (exact) mass is 300 g/mol. The molecule has 1 aromatic carbocycles. The molecule has 0 saturated carbocycles. The largest absolute Gasteiger partial charge is 0.327 e. The van der Waals surface area contributed by atoms with Crippen molar-refractivity contribution in [2.45, 2.75) is 32.7 Å². The summed E-state index contributed by atoms with van der Waals surface area (Å²) in [6.45, 7) is 6.16. The van der Waals surface area contributed by atoms with Gasteiger partial charge in [-0.1, -0.05) is 35.8 Å². The van der Waals surface area contributed by atoms with Crippen molar-refractivity contribution in [2.75, 3.05) is 0 Å². The van der Waals surface area contributed by atoms with Crippen molar-refractivity contribution in [1.82, 2.24) is 0 Å². The average Bonchev–Trinajstić information content (AvgIpc) is 2.19. The molecule has 0 fully saturated rings. The van der Waals surface area contributed by atoms with Gasteiger partial charge in [-0.15, -0.1) is 0 Å². The molecule has 5 heteroatoms. The van der Waals surface area contributed by atoms with Crippen molar-refractivity contribution in [3.63, 3.8) is 0 Å². The van der Waals surface area contributed by atoms with Gasteiger partial charge in [-0.2, -0.15) is 0 Å². The van der Waals surface area contributed by atoms with Crippen LogP contribution in [0.3, 0.4) is 0 Å². The fraction of sp³-hybridized carbons (Fsp3) is 0.500. The molecule has 0 radical (unpaired) electrons. The second kappa shape index (κ2) is 5.60. The van der Waals surface area contributed by atoms with E-state index < -0.39 is 4.92 Å². The highest BCUT2D eigenvalue weighted by Crippen LogP contribution is 2.34. The Bertz CT molecular complexity index is 411. The van der Waals surface area contributed by atoms with Crippen LogP contribution in [-0.4, -0.2) is 11.0 Å². The lowest BCUT2D eigenvalue weighted by molar-refractivity contribution is -0.384. The zero-order valence-electron chi connectivity index (χ0n) is 10.2. The summed E-state index contributed by atoms with van der Waals surface area (Å²) in [5.41, 5.74) is 7.10. The van der Waals surface area contributed by atoms with E-state index in [4.69, 9.17) is 5.73 Å². The highest BCUT2D eigenvalue weighted by molar-refractivity contribution is 9.10. The molecule has 4 nitrogen and oxygen atoms in total. The molecule has 2 unspecified atom stereocenters. The van der Waals surface area contributed by atoms with Crippen LogP contribution in [0.2, 0.25) is 0 Å². The third kappa shape index (κ3) is 3.26. The lowest BCUT2D eigenvalue weighted by atomic mass is 9.83. The van der Waals surface area contributed by atoms with Gasteiger partial charge in [0.1, 0.15) is 0 Å². The molecule has 0 aliphatic heterocycles. The number of nitro groups is 1. The number of benzene rings is 1. The Morgan fingerprint density at radius 2 is 1.94 bits per heavy atom. The van der Waals surface area contributed by atoms with E-state index in [1.807, 2.05) is 6.92 Å². The molecule has 2 atom stereocenters. The maximum absolute atomic E-state index is 10.7. The predicted molar refractivity (Wildman–Crippen MR) is 72.0 cm³/mol. The number of nitrogens with two attached hydrogens (primary N) is 1. The summed E-state index contributed by atoms with van der Waals surface area (Å²) >= 11 is 3.39. The van der Waals surface area contributed by atoms with Crippen molar-refractivity contribution >= 4 is 21.6 Å². The minimum Gasteiger partial charge on any atom is -0.327 e. The van der Waals surface area contributed by atoms with Gasteiger partial charge in [0.15, 0.2) is 0 Å². The first kappa shape index (κ1) is 14.1. The van der Waals surface area contributed by atoms with Crippen molar-refractivity contribution in [3.8, 4) is 0 Å². The maximum atomic E-state index is 10.7. The van der Waals surface area contributed by atoms with Gasteiger partial charge in [-0.05, 0) is 18.4 Å². The van der Waals surface area contributed by atoms with Crippen LogP contribution in [-0.2, 0) is 0 Å². The van der Waals surface area contributed by atoms with Gasteiger partial charge in [0.25, 0.3) is 5.69 Å². The normalized spacial score (nSPS) is 14.7. The zero-order chi connectivity index (χ0) is 13.2. The van der Waals surface area contributed by atoms with E-state index in [2.05, 4.69) is 29.8 Å². The Balaban J connectivity index is 3.18. The Kier molecular flexibility index (Phi) is 4.65. The van der Waals surface area contributed by atoms with Crippen molar-refractivity contribution < 1.29 is 4.92 Å². The Morgan fingerprint density at radius 1 is 1.35 bits per heavy atom. The van der Waals surface area contributed by atoms with Crippen molar-refractivity contribution in [2.24, 2.45) is 11.7 Å². The molecular formula is C12H17BrN2O2. The lowest BCUT2D eigenvalue weighted by Gasteiger charge is -2.26. The Hall–Kier alpha value is -0.940. The molecule has 0 saturated heterocycles. The molecule has 0 bridgehead atoms. The molecular weight excluding hydrogens is 284 g/mol. The van der Waals surface area contributed by atoms with E-state index in [1.54, 1.807) is 6.07 Å². The summed E-state index contributed by atoms with van der Waals surface area (Å²) in [6.07, 6.45) is 0. The summed E-state index contributed by atoms with van der Waals surface area (Å²) < 4.78 is 0.753. The van der Waals surface area contributed by atoms with Gasteiger partial charge >= 0.3 is 0 Å². The van der Waals surface area contributed by atoms with Gasteiger partial charge in [0.2, 0.25) is 0 Å². The third-order valence-corrected chi connectivity index (χ3v) is 3.53. The van der Waals surface area contributed by atoms with Gasteiger partial charge in [0.05, 0.1) is 4.92 Å². The Labute approximate surface area is 109 Å². The summed E-state index contributed by atoms with van der Waals surface area (Å²) in [4.78, 5) is 10.3. The molecule has 94 valence electrons. The van der Waals surface area contributed by atoms with Gasteiger partial charge in [-0.3, -0.25) is 10.1 Å². The Morgan fingerprint density at radius 3 is 2.29 bits per heavy atom. The van der Waals surface area contributed by atoms with Crippen LogP contribution in [0.4, 0.5) is 5.69 Å². The summed E-state index contributed by atoms with van der Waals surface area (Å²) in [5.74, 6) is 0.568. The van der Waals surface area contributed by atoms with E-state index in [0.717, 1.165) is 10.0 Å². The summed E-state index contributed by atoms with van der Waals surface area (Å²) in [5, 5.41) is 10.7. The lowest BCUT2D eigenvalue weighted by Crippen LogP contribution is -2.28. The van der Waals surface area contributed by atoms with Crippen LogP contribution < -0.4 is 5.73 Å². The van der Waals surface area contributed by atoms with Crippen LogP contribution in [0.5, 0.6) is 0 Å². The molecule has 1 rings (SSSR count). The number of halogens is 1. The number of hydrogen-bond acceptors (Lipinski definition) is 3. The molecule has 0 aromatic heterocycles. The van der Waals surface area contributed by atoms with Crippen LogP contribution in [0.25, 0.3) is 0 Å². The fourth-order valence-corrected chi connectivity index (χ4v) is 2.78. The number of nitro benzene ring substituents is 1. The van der Waals surface area contributed by atoms with Crippen LogP contribution in [0, 0.1) is 16.0 Å². The minimum absolute atomic E-state index is 0.00718. The molecule has 0 spiro atoms. The molecule has 0 aliphatic rings. The standard InChI is InChI=1S/C12H17BrN2O2/c1-7(2)12(8(3)14)10-5-4-9(15(16)17)6-11(10)13/h4-8,12H,14H2,1-3H3. The van der Waals surface area contributed by atoms with E-state index in [1.165, 1.54) is 12.1 Å². The van der Waals surface area contributed by atoms with Gasteiger partial charge < -0.3 is 5.73 Å². The van der Waals surface area contributed by atoms with E-state index in [9.17, 15) is 10.1 Å². The van der Waals surface area contributed by atoms with Gasteiger partial charge in [-0.25, -0.2) is 0 Å². The number of nitrogens with zero attached hydrogens (tertiary/aromatic N) is 1. The predicted octanol–water partition coefficient (Wildman–Crippen LogP) is 3.44. The second-order valence-corrected chi connectivity index (χ2v) is 5.45. The maximum Gasteiger partial charge on any atom is 0.270 e. The smallest absolute Gasteiger partial charge is 0.270 e. The molecule has 0 aliphatic carbocycles. The first-order chi connectivity index (χ1) is 7.84. The first-order valence-electron chi connectivity index (χ1n) is 5.54. The quantitative estimate of drug-likeness (QED) is 0.684. The molecule has 2 N–H and O–H groups in total. The number of rotatable bonds is 4. The van der Waals surface area contributed by atoms with Crippen LogP contribution in [0.15, 0.2) is 22.7 Å². The molecule has 1 aromatic rings. The average molecular weight is 301 g/mol. The molecule has 0 heterocycles. The number of non-ortho nitro benzene ring substituents is 1. The van der Waals surface area contributed by atoms with Crippen LogP contribution in [0.1, 0.15) is 32.3 Å². The molecule has 0 amide bonds. The van der Waals surface area contributed by atoms with E-state index in [0.29, 0.717) is 5.92 Å². The third-order valence-electron chi connectivity index (χ3n) is 2.84. The fourth-order valence-electron chi connectivity index (χ4n) is 2.15. The highest BCUT2D eigenvalue weighted by Gasteiger charge is 2.23. The second-order valence-electron chi connectivity index (χ2n) is 4.59. The first-order valence-corrected chi connectivity index (χ1v) is 6.33. The van der Waals surface area contributed by atoms with Crippen molar-refractivity contribution in [3.05, 3.63) is 38.3 Å². The van der Waals surface area contributed by atoms with E-state index in [-0.39, 0.29) is 17.6 Å². The highest BCUT2D eigenvalue weighted by atomic mass is 79.9. The topological polar surface area (TPSA) is 69.2 Å². The van der Waals surface area contributed by atoms with Gasteiger partial charge in [0, 0.05) is 28.6 Å². The molecule has 17 heavy (non-hydrogen) atoms.